The average Bonchev–Trinajstić information content (AvgIpc) is 2.34. The first-order valence-corrected chi connectivity index (χ1v) is 7.15. The maximum Gasteiger partial charge on any atom is 0.573 e. The minimum atomic E-state index is -5.19. The number of rotatable bonds is 6. The molecule has 0 unspecified atom stereocenters. The topological polar surface area (TPSA) is 35.2 Å². The third kappa shape index (κ3) is 5.93. The Hall–Kier alpha value is -1.44. The summed E-state index contributed by atoms with van der Waals surface area (Å²) in [6.45, 7) is 3.67. The summed E-state index contributed by atoms with van der Waals surface area (Å²) < 4.78 is 80.8. The van der Waals surface area contributed by atoms with Crippen molar-refractivity contribution in [3.8, 4) is 5.75 Å². The second-order valence-corrected chi connectivity index (χ2v) is 5.50. The molecule has 0 aromatic heterocycles. The SMILES string of the molecule is CC(C)c1cc(CCCCN)c(C(F)(F)F)c(OC(F)(F)F)c1. The Balaban J connectivity index is 3.43. The molecule has 0 amide bonds. The largest absolute Gasteiger partial charge is 0.573 e. The fourth-order valence-corrected chi connectivity index (χ4v) is 2.21. The number of unbranched alkanes of at least 4 members (excludes halogenated alkanes) is 1. The van der Waals surface area contributed by atoms with Crippen LogP contribution in [-0.4, -0.2) is 12.9 Å². The van der Waals surface area contributed by atoms with Crippen molar-refractivity contribution in [2.45, 2.75) is 51.6 Å². The van der Waals surface area contributed by atoms with Crippen molar-refractivity contribution in [3.05, 3.63) is 28.8 Å². The van der Waals surface area contributed by atoms with Gasteiger partial charge < -0.3 is 10.5 Å². The van der Waals surface area contributed by atoms with E-state index in [2.05, 4.69) is 4.74 Å². The van der Waals surface area contributed by atoms with Crippen LogP contribution in [0.4, 0.5) is 26.3 Å². The van der Waals surface area contributed by atoms with Gasteiger partial charge >= 0.3 is 12.5 Å². The molecule has 1 aromatic rings. The molecule has 0 radical (unpaired) electrons. The van der Waals surface area contributed by atoms with Crippen molar-refractivity contribution in [2.75, 3.05) is 6.54 Å². The minimum Gasteiger partial charge on any atom is -0.405 e. The van der Waals surface area contributed by atoms with Gasteiger partial charge in [-0.15, -0.1) is 13.2 Å². The monoisotopic (exact) mass is 343 g/mol. The number of halogens is 6. The molecule has 0 fully saturated rings. The van der Waals surface area contributed by atoms with Crippen molar-refractivity contribution in [1.82, 2.24) is 0 Å². The van der Waals surface area contributed by atoms with Gasteiger partial charge in [0.15, 0.2) is 0 Å². The summed E-state index contributed by atoms with van der Waals surface area (Å²) in [5.74, 6) is -1.43. The summed E-state index contributed by atoms with van der Waals surface area (Å²) in [5.41, 5.74) is 4.11. The van der Waals surface area contributed by atoms with Gasteiger partial charge in [-0.1, -0.05) is 19.9 Å². The molecule has 0 spiro atoms. The lowest BCUT2D eigenvalue weighted by Crippen LogP contribution is -2.21. The molecular formula is C15H19F6NO. The Kier molecular flexibility index (Phi) is 6.33. The van der Waals surface area contributed by atoms with Crippen molar-refractivity contribution in [2.24, 2.45) is 5.73 Å². The van der Waals surface area contributed by atoms with Gasteiger partial charge in [-0.2, -0.15) is 13.2 Å². The van der Waals surface area contributed by atoms with Crippen LogP contribution in [0.3, 0.4) is 0 Å². The van der Waals surface area contributed by atoms with E-state index >= 15 is 0 Å². The number of nitrogens with two attached hydrogens (primary N) is 1. The van der Waals surface area contributed by atoms with Gasteiger partial charge in [-0.3, -0.25) is 0 Å². The maximum absolute atomic E-state index is 13.3. The van der Waals surface area contributed by atoms with Gasteiger partial charge in [0.1, 0.15) is 11.3 Å². The normalized spacial score (nSPS) is 12.8. The zero-order valence-corrected chi connectivity index (χ0v) is 12.8. The van der Waals surface area contributed by atoms with Gasteiger partial charge in [0.05, 0.1) is 0 Å². The molecule has 8 heteroatoms. The summed E-state index contributed by atoms with van der Waals surface area (Å²) in [5, 5.41) is 0. The van der Waals surface area contributed by atoms with E-state index in [9.17, 15) is 26.3 Å². The van der Waals surface area contributed by atoms with Crippen LogP contribution in [0.1, 0.15) is 49.3 Å². The fourth-order valence-electron chi connectivity index (χ4n) is 2.21. The van der Waals surface area contributed by atoms with Crippen LogP contribution < -0.4 is 10.5 Å². The standard InChI is InChI=1S/C15H19F6NO/c1-9(2)11-7-10(5-3-4-6-22)13(14(16,17)18)12(8-11)23-15(19,20)21/h7-9H,3-6,22H2,1-2H3. The van der Waals surface area contributed by atoms with Crippen molar-refractivity contribution in [1.29, 1.82) is 0 Å². The van der Waals surface area contributed by atoms with Gasteiger partial charge in [-0.25, -0.2) is 0 Å². The lowest BCUT2D eigenvalue weighted by Gasteiger charge is -2.21. The van der Waals surface area contributed by atoms with E-state index in [4.69, 9.17) is 5.73 Å². The number of ether oxygens (including phenoxy) is 1. The van der Waals surface area contributed by atoms with Crippen LogP contribution in [0.15, 0.2) is 12.1 Å². The molecule has 2 nitrogen and oxygen atoms in total. The van der Waals surface area contributed by atoms with E-state index in [0.29, 0.717) is 24.9 Å². The molecule has 1 aromatic carbocycles. The maximum atomic E-state index is 13.3. The third-order valence-corrected chi connectivity index (χ3v) is 3.28. The van der Waals surface area contributed by atoms with E-state index in [-0.39, 0.29) is 17.9 Å². The Morgan fingerprint density at radius 2 is 1.65 bits per heavy atom. The predicted octanol–water partition coefficient (Wildman–Crippen LogP) is 5.01. The van der Waals surface area contributed by atoms with E-state index in [1.807, 2.05) is 0 Å². The molecule has 0 saturated carbocycles. The molecule has 2 N–H and O–H groups in total. The molecule has 0 aliphatic heterocycles. The second kappa shape index (κ2) is 7.42. The minimum absolute atomic E-state index is 0.0131. The molecule has 23 heavy (non-hydrogen) atoms. The van der Waals surface area contributed by atoms with Gasteiger partial charge in [0.2, 0.25) is 0 Å². The van der Waals surface area contributed by atoms with Crippen molar-refractivity contribution in [3.63, 3.8) is 0 Å². The van der Waals surface area contributed by atoms with E-state index in [0.717, 1.165) is 6.07 Å². The first-order valence-electron chi connectivity index (χ1n) is 7.15. The lowest BCUT2D eigenvalue weighted by molar-refractivity contribution is -0.276. The zero-order valence-electron chi connectivity index (χ0n) is 12.8. The smallest absolute Gasteiger partial charge is 0.405 e. The molecule has 132 valence electrons. The quantitative estimate of drug-likeness (QED) is 0.582. The molecule has 0 aliphatic carbocycles. The molecule has 0 aliphatic rings. The Morgan fingerprint density at radius 3 is 2.09 bits per heavy atom. The highest BCUT2D eigenvalue weighted by Gasteiger charge is 2.41. The van der Waals surface area contributed by atoms with Crippen molar-refractivity contribution >= 4 is 0 Å². The van der Waals surface area contributed by atoms with Gasteiger partial charge in [-0.05, 0) is 48.9 Å². The van der Waals surface area contributed by atoms with E-state index in [1.165, 1.54) is 6.07 Å². The number of benzene rings is 1. The van der Waals surface area contributed by atoms with Crippen LogP contribution in [0.5, 0.6) is 5.75 Å². The molecular weight excluding hydrogens is 324 g/mol. The van der Waals surface area contributed by atoms with Crippen LogP contribution >= 0.6 is 0 Å². The number of alkyl halides is 6. The Bertz CT molecular complexity index is 522. The van der Waals surface area contributed by atoms with Crippen LogP contribution in [0, 0.1) is 0 Å². The first-order chi connectivity index (χ1) is 10.5. The summed E-state index contributed by atoms with van der Waals surface area (Å²) in [4.78, 5) is 0. The van der Waals surface area contributed by atoms with Crippen LogP contribution in [-0.2, 0) is 12.6 Å². The van der Waals surface area contributed by atoms with Gasteiger partial charge in [0, 0.05) is 0 Å². The van der Waals surface area contributed by atoms with E-state index in [1.54, 1.807) is 13.8 Å². The first kappa shape index (κ1) is 19.6. The lowest BCUT2D eigenvalue weighted by atomic mass is 9.93. The average molecular weight is 343 g/mol. The zero-order chi connectivity index (χ0) is 17.8. The molecule has 0 saturated heterocycles. The highest BCUT2D eigenvalue weighted by molar-refractivity contribution is 5.47. The Morgan fingerprint density at radius 1 is 1.04 bits per heavy atom. The molecule has 1 rings (SSSR count). The van der Waals surface area contributed by atoms with Crippen LogP contribution in [0.25, 0.3) is 0 Å². The number of hydrogen-bond acceptors (Lipinski definition) is 2. The van der Waals surface area contributed by atoms with E-state index < -0.39 is 23.9 Å². The summed E-state index contributed by atoms with van der Waals surface area (Å²) in [7, 11) is 0. The third-order valence-electron chi connectivity index (χ3n) is 3.28. The molecule has 0 heterocycles. The highest BCUT2D eigenvalue weighted by Crippen LogP contribution is 2.42. The highest BCUT2D eigenvalue weighted by atomic mass is 19.4. The predicted molar refractivity (Wildman–Crippen MR) is 74.2 cm³/mol. The summed E-state index contributed by atoms with van der Waals surface area (Å²) in [6, 6.07) is 2.11. The van der Waals surface area contributed by atoms with Gasteiger partial charge in [0.25, 0.3) is 0 Å². The Labute approximate surface area is 130 Å². The summed E-state index contributed by atoms with van der Waals surface area (Å²) in [6.07, 6.45) is -9.30. The molecule has 0 bridgehead atoms. The number of hydrogen-bond donors (Lipinski definition) is 1. The summed E-state index contributed by atoms with van der Waals surface area (Å²) >= 11 is 0. The number of aryl methyl sites for hydroxylation is 1. The molecule has 0 atom stereocenters. The fraction of sp³-hybridized carbons (Fsp3) is 0.600. The second-order valence-electron chi connectivity index (χ2n) is 5.50. The van der Waals surface area contributed by atoms with Crippen LogP contribution in [0.2, 0.25) is 0 Å². The van der Waals surface area contributed by atoms with Crippen molar-refractivity contribution < 1.29 is 31.1 Å².